The van der Waals surface area contributed by atoms with Crippen LogP contribution in [-0.4, -0.2) is 41.3 Å². The van der Waals surface area contributed by atoms with Crippen LogP contribution < -0.4 is 11.1 Å². The largest absolute Gasteiger partial charge is 0.462 e. The van der Waals surface area contributed by atoms with Crippen LogP contribution in [0.1, 0.15) is 126 Å². The molecule has 1 rings (SSSR count). The predicted octanol–water partition coefficient (Wildman–Crippen LogP) is 5.65. The van der Waals surface area contributed by atoms with Gasteiger partial charge in [-0.15, -0.1) is 0 Å². The summed E-state index contributed by atoms with van der Waals surface area (Å²) in [6.45, 7) is 14.7. The van der Waals surface area contributed by atoms with E-state index in [1.807, 2.05) is 13.8 Å². The lowest BCUT2D eigenvalue weighted by Gasteiger charge is -2.39. The Bertz CT molecular complexity index is 583. The van der Waals surface area contributed by atoms with E-state index >= 15 is 0 Å². The first-order chi connectivity index (χ1) is 15.3. The molecule has 1 heterocycles. The second-order valence-electron chi connectivity index (χ2n) is 12.0. The first kappa shape index (κ1) is 29.9. The van der Waals surface area contributed by atoms with Crippen LogP contribution in [-0.2, 0) is 19.1 Å². The van der Waals surface area contributed by atoms with Gasteiger partial charge in [0.2, 0.25) is 0 Å². The Hall–Kier alpha value is -1.14. The standard InChI is InChI=1S/C27H52N2O4/c1-20(2)16-22(18-26(4,5)28)32-24(30)14-12-10-8-9-11-13-15-25(31)33-23-17-21(3)29-27(6,7)19-23/h20-23,29H,8-19,28H2,1-7H3. The van der Waals surface area contributed by atoms with Crippen molar-refractivity contribution in [1.82, 2.24) is 5.32 Å². The van der Waals surface area contributed by atoms with Gasteiger partial charge < -0.3 is 20.5 Å². The van der Waals surface area contributed by atoms with Gasteiger partial charge in [0.15, 0.2) is 0 Å². The SMILES string of the molecule is CC(C)CC(CC(C)(C)N)OC(=O)CCCCCCCCC(=O)OC1CC(C)NC(C)(C)C1. The molecule has 0 aromatic rings. The minimum Gasteiger partial charge on any atom is -0.462 e. The van der Waals surface area contributed by atoms with Crippen LogP contribution >= 0.6 is 0 Å². The van der Waals surface area contributed by atoms with E-state index in [-0.39, 0.29) is 35.2 Å². The normalized spacial score (nSPS) is 21.6. The van der Waals surface area contributed by atoms with Crippen molar-refractivity contribution in [2.75, 3.05) is 0 Å². The lowest BCUT2D eigenvalue weighted by Crippen LogP contribution is -2.53. The van der Waals surface area contributed by atoms with Gasteiger partial charge in [0, 0.05) is 42.8 Å². The molecule has 1 fully saturated rings. The molecule has 0 spiro atoms. The first-order valence-corrected chi connectivity index (χ1v) is 13.2. The van der Waals surface area contributed by atoms with Crippen LogP contribution in [0.2, 0.25) is 0 Å². The van der Waals surface area contributed by atoms with Gasteiger partial charge in [0.25, 0.3) is 0 Å². The molecular weight excluding hydrogens is 416 g/mol. The molecule has 3 N–H and O–H groups in total. The molecule has 1 aliphatic heterocycles. The van der Waals surface area contributed by atoms with E-state index in [9.17, 15) is 9.59 Å². The van der Waals surface area contributed by atoms with Crippen LogP contribution in [0.4, 0.5) is 0 Å². The number of carbonyl (C=O) groups is 2. The summed E-state index contributed by atoms with van der Waals surface area (Å²) in [5, 5.41) is 3.54. The molecule has 33 heavy (non-hydrogen) atoms. The number of nitrogens with one attached hydrogen (secondary N) is 1. The van der Waals surface area contributed by atoms with Crippen LogP contribution in [0.15, 0.2) is 0 Å². The number of hydrogen-bond donors (Lipinski definition) is 2. The van der Waals surface area contributed by atoms with Gasteiger partial charge in [0.05, 0.1) is 0 Å². The zero-order chi connectivity index (χ0) is 25.1. The number of ether oxygens (including phenoxy) is 2. The van der Waals surface area contributed by atoms with E-state index in [0.717, 1.165) is 57.8 Å². The van der Waals surface area contributed by atoms with Crippen molar-refractivity contribution >= 4 is 11.9 Å². The molecule has 1 saturated heterocycles. The maximum atomic E-state index is 12.2. The molecule has 6 heteroatoms. The molecule has 0 amide bonds. The molecule has 0 bridgehead atoms. The Kier molecular flexibility index (Phi) is 13.0. The maximum Gasteiger partial charge on any atom is 0.306 e. The summed E-state index contributed by atoms with van der Waals surface area (Å²) in [5.41, 5.74) is 5.81. The number of esters is 2. The highest BCUT2D eigenvalue weighted by molar-refractivity contribution is 5.69. The van der Waals surface area contributed by atoms with E-state index in [4.69, 9.17) is 15.2 Å². The van der Waals surface area contributed by atoms with Crippen LogP contribution in [0, 0.1) is 5.92 Å². The highest BCUT2D eigenvalue weighted by Gasteiger charge is 2.33. The third-order valence-corrected chi connectivity index (χ3v) is 6.09. The fourth-order valence-corrected chi connectivity index (χ4v) is 4.94. The highest BCUT2D eigenvalue weighted by Crippen LogP contribution is 2.25. The van der Waals surface area contributed by atoms with Gasteiger partial charge in [-0.3, -0.25) is 9.59 Å². The van der Waals surface area contributed by atoms with Gasteiger partial charge >= 0.3 is 11.9 Å². The quantitative estimate of drug-likeness (QED) is 0.238. The van der Waals surface area contributed by atoms with Crippen molar-refractivity contribution in [3.05, 3.63) is 0 Å². The van der Waals surface area contributed by atoms with Gasteiger partial charge in [-0.25, -0.2) is 0 Å². The lowest BCUT2D eigenvalue weighted by atomic mass is 9.87. The second kappa shape index (κ2) is 14.3. The Morgan fingerprint density at radius 2 is 1.58 bits per heavy atom. The minimum absolute atomic E-state index is 0.0192. The number of unbranched alkanes of at least 4 members (excludes halogenated alkanes) is 5. The van der Waals surface area contributed by atoms with E-state index < -0.39 is 0 Å². The predicted molar refractivity (Wildman–Crippen MR) is 135 cm³/mol. The van der Waals surface area contributed by atoms with Gasteiger partial charge in [0.1, 0.15) is 12.2 Å². The van der Waals surface area contributed by atoms with Crippen LogP contribution in [0.25, 0.3) is 0 Å². The third-order valence-electron chi connectivity index (χ3n) is 6.09. The topological polar surface area (TPSA) is 90.7 Å². The van der Waals surface area contributed by atoms with Crippen molar-refractivity contribution in [3.63, 3.8) is 0 Å². The molecule has 194 valence electrons. The summed E-state index contributed by atoms with van der Waals surface area (Å²) in [6, 6.07) is 0.373. The van der Waals surface area contributed by atoms with Gasteiger partial charge in [-0.05, 0) is 66.2 Å². The molecule has 1 aliphatic rings. The van der Waals surface area contributed by atoms with Gasteiger partial charge in [-0.2, -0.15) is 0 Å². The first-order valence-electron chi connectivity index (χ1n) is 13.2. The molecular formula is C27H52N2O4. The zero-order valence-electron chi connectivity index (χ0n) is 22.5. The van der Waals surface area contributed by atoms with Crippen LogP contribution in [0.5, 0.6) is 0 Å². The van der Waals surface area contributed by atoms with E-state index in [0.29, 0.717) is 31.2 Å². The van der Waals surface area contributed by atoms with Crippen molar-refractivity contribution < 1.29 is 19.1 Å². The van der Waals surface area contributed by atoms with Gasteiger partial charge in [-0.1, -0.05) is 39.5 Å². The molecule has 0 aromatic heterocycles. The molecule has 0 aliphatic carbocycles. The molecule has 3 atom stereocenters. The fourth-order valence-electron chi connectivity index (χ4n) is 4.94. The number of piperidine rings is 1. The monoisotopic (exact) mass is 468 g/mol. The third kappa shape index (κ3) is 15.4. The number of carbonyl (C=O) groups excluding carboxylic acids is 2. The zero-order valence-corrected chi connectivity index (χ0v) is 22.5. The van der Waals surface area contributed by atoms with E-state index in [1.165, 1.54) is 0 Å². The van der Waals surface area contributed by atoms with Crippen LogP contribution in [0.3, 0.4) is 0 Å². The molecule has 0 saturated carbocycles. The van der Waals surface area contributed by atoms with E-state index in [1.54, 1.807) is 0 Å². The Morgan fingerprint density at radius 1 is 1.03 bits per heavy atom. The van der Waals surface area contributed by atoms with Crippen molar-refractivity contribution in [2.24, 2.45) is 11.7 Å². The average molecular weight is 469 g/mol. The second-order valence-corrected chi connectivity index (χ2v) is 12.0. The highest BCUT2D eigenvalue weighted by atomic mass is 16.5. The fraction of sp³-hybridized carbons (Fsp3) is 0.926. The molecule has 3 unspecified atom stereocenters. The Balaban J connectivity index is 2.10. The summed E-state index contributed by atoms with van der Waals surface area (Å²) in [5.74, 6) is 0.296. The van der Waals surface area contributed by atoms with Crippen molar-refractivity contribution in [2.45, 2.75) is 155 Å². The Morgan fingerprint density at radius 3 is 2.09 bits per heavy atom. The molecule has 6 nitrogen and oxygen atoms in total. The van der Waals surface area contributed by atoms with Crippen molar-refractivity contribution in [3.8, 4) is 0 Å². The number of hydrogen-bond acceptors (Lipinski definition) is 6. The van der Waals surface area contributed by atoms with E-state index in [2.05, 4.69) is 39.9 Å². The molecule has 0 radical (unpaired) electrons. The smallest absolute Gasteiger partial charge is 0.306 e. The average Bonchev–Trinajstić information content (AvgIpc) is 2.59. The summed E-state index contributed by atoms with van der Waals surface area (Å²) in [6.07, 6.45) is 10.1. The number of rotatable bonds is 15. The van der Waals surface area contributed by atoms with Crippen molar-refractivity contribution in [1.29, 1.82) is 0 Å². The maximum absolute atomic E-state index is 12.2. The number of nitrogens with two attached hydrogens (primary N) is 1. The lowest BCUT2D eigenvalue weighted by molar-refractivity contribution is -0.152. The summed E-state index contributed by atoms with van der Waals surface area (Å²) >= 11 is 0. The summed E-state index contributed by atoms with van der Waals surface area (Å²) in [4.78, 5) is 24.4. The molecule has 0 aromatic carbocycles. The summed E-state index contributed by atoms with van der Waals surface area (Å²) in [7, 11) is 0. The minimum atomic E-state index is -0.338. The Labute approximate surface area is 203 Å². The summed E-state index contributed by atoms with van der Waals surface area (Å²) < 4.78 is 11.4.